The minimum absolute atomic E-state index is 0.402. The van der Waals surface area contributed by atoms with E-state index in [2.05, 4.69) is 5.32 Å². The van der Waals surface area contributed by atoms with Crippen LogP contribution in [0.15, 0.2) is 60.0 Å². The fraction of sp³-hybridized carbons (Fsp3) is 0.0952. The molecule has 5 nitrogen and oxygen atoms in total. The van der Waals surface area contributed by atoms with E-state index < -0.39 is 18.5 Å². The van der Waals surface area contributed by atoms with E-state index in [4.69, 9.17) is 10.00 Å². The molecule has 3 rings (SSSR count). The highest BCUT2D eigenvalue weighted by Crippen LogP contribution is 2.29. The molecule has 0 aliphatic carbocycles. The van der Waals surface area contributed by atoms with Crippen LogP contribution in [0.1, 0.15) is 20.8 Å². The topological polar surface area (TPSA) is 79.2 Å². The van der Waals surface area contributed by atoms with E-state index in [0.29, 0.717) is 16.1 Å². The van der Waals surface area contributed by atoms with Crippen LogP contribution in [0.25, 0.3) is 11.1 Å². The molecular weight excluding hydrogens is 360 g/mol. The number of nitriles is 1. The molecule has 0 saturated heterocycles. The molecule has 1 amide bonds. The molecule has 1 heterocycles. The van der Waals surface area contributed by atoms with Gasteiger partial charge in [0, 0.05) is 11.3 Å². The molecule has 0 radical (unpaired) electrons. The zero-order valence-electron chi connectivity index (χ0n) is 14.6. The lowest BCUT2D eigenvalue weighted by Gasteiger charge is -2.08. The number of benzene rings is 2. The summed E-state index contributed by atoms with van der Waals surface area (Å²) in [7, 11) is 0. The van der Waals surface area contributed by atoms with Gasteiger partial charge in [0.05, 0.1) is 11.6 Å². The van der Waals surface area contributed by atoms with Crippen molar-refractivity contribution in [3.8, 4) is 17.2 Å². The van der Waals surface area contributed by atoms with Gasteiger partial charge in [0.2, 0.25) is 0 Å². The summed E-state index contributed by atoms with van der Waals surface area (Å²) in [6.45, 7) is 1.60. The van der Waals surface area contributed by atoms with Crippen LogP contribution < -0.4 is 5.32 Å². The smallest absolute Gasteiger partial charge is 0.349 e. The molecule has 0 aliphatic heterocycles. The summed E-state index contributed by atoms with van der Waals surface area (Å²) >= 11 is 1.27. The van der Waals surface area contributed by atoms with Gasteiger partial charge >= 0.3 is 5.97 Å². The number of rotatable bonds is 5. The summed E-state index contributed by atoms with van der Waals surface area (Å²) in [5.41, 5.74) is 3.76. The van der Waals surface area contributed by atoms with Crippen LogP contribution in [-0.2, 0) is 9.53 Å². The van der Waals surface area contributed by atoms with Crippen molar-refractivity contribution in [1.29, 1.82) is 5.26 Å². The van der Waals surface area contributed by atoms with Crippen molar-refractivity contribution in [3.63, 3.8) is 0 Å². The van der Waals surface area contributed by atoms with Gasteiger partial charge < -0.3 is 10.1 Å². The average molecular weight is 376 g/mol. The second-order valence-electron chi connectivity index (χ2n) is 5.85. The lowest BCUT2D eigenvalue weighted by molar-refractivity contribution is -0.119. The molecule has 1 N–H and O–H groups in total. The minimum atomic E-state index is -0.540. The van der Waals surface area contributed by atoms with Gasteiger partial charge in [-0.1, -0.05) is 35.9 Å². The Morgan fingerprint density at radius 3 is 2.67 bits per heavy atom. The van der Waals surface area contributed by atoms with Gasteiger partial charge in [-0.3, -0.25) is 4.79 Å². The lowest BCUT2D eigenvalue weighted by atomic mass is 10.1. The van der Waals surface area contributed by atoms with Crippen LogP contribution in [0.2, 0.25) is 0 Å². The number of nitrogens with one attached hydrogen (secondary N) is 1. The zero-order chi connectivity index (χ0) is 19.2. The molecule has 2 aromatic carbocycles. The van der Waals surface area contributed by atoms with Crippen molar-refractivity contribution in [1.82, 2.24) is 0 Å². The van der Waals surface area contributed by atoms with Gasteiger partial charge in [-0.2, -0.15) is 5.26 Å². The van der Waals surface area contributed by atoms with Gasteiger partial charge in [-0.25, -0.2) is 4.79 Å². The van der Waals surface area contributed by atoms with Crippen LogP contribution in [-0.4, -0.2) is 18.5 Å². The van der Waals surface area contributed by atoms with Crippen molar-refractivity contribution in [2.75, 3.05) is 11.9 Å². The number of ether oxygens (including phenoxy) is 1. The zero-order valence-corrected chi connectivity index (χ0v) is 15.4. The molecule has 0 atom stereocenters. The summed E-state index contributed by atoms with van der Waals surface area (Å²) in [4.78, 5) is 24.9. The highest BCUT2D eigenvalue weighted by molar-refractivity contribution is 7.12. The first kappa shape index (κ1) is 18.4. The van der Waals surface area contributed by atoms with Crippen LogP contribution in [0.3, 0.4) is 0 Å². The number of nitrogens with zero attached hydrogens (tertiary/aromatic N) is 1. The Balaban J connectivity index is 1.63. The largest absolute Gasteiger partial charge is 0.451 e. The highest BCUT2D eigenvalue weighted by atomic mass is 32.1. The molecule has 0 aliphatic rings. The van der Waals surface area contributed by atoms with E-state index in [9.17, 15) is 9.59 Å². The second kappa shape index (κ2) is 8.30. The maximum atomic E-state index is 12.4. The number of carbonyl (C=O) groups is 2. The van der Waals surface area contributed by atoms with E-state index in [-0.39, 0.29) is 0 Å². The third kappa shape index (κ3) is 4.60. The highest BCUT2D eigenvalue weighted by Gasteiger charge is 2.17. The number of esters is 1. The predicted octanol–water partition coefficient (Wildman–Crippen LogP) is 4.39. The van der Waals surface area contributed by atoms with Crippen LogP contribution >= 0.6 is 11.3 Å². The first-order valence-corrected chi connectivity index (χ1v) is 9.06. The minimum Gasteiger partial charge on any atom is -0.451 e. The van der Waals surface area contributed by atoms with Crippen LogP contribution in [0.5, 0.6) is 0 Å². The monoisotopic (exact) mass is 376 g/mol. The van der Waals surface area contributed by atoms with Crippen molar-refractivity contribution < 1.29 is 14.3 Å². The summed E-state index contributed by atoms with van der Waals surface area (Å²) in [6, 6.07) is 18.2. The van der Waals surface area contributed by atoms with Gasteiger partial charge in [-0.15, -0.1) is 11.3 Å². The van der Waals surface area contributed by atoms with Crippen LogP contribution in [0, 0.1) is 18.3 Å². The first-order valence-electron chi connectivity index (χ1n) is 8.18. The second-order valence-corrected chi connectivity index (χ2v) is 6.76. The number of carbonyl (C=O) groups excluding carboxylic acids is 2. The number of aryl methyl sites for hydroxylation is 1. The third-order valence-corrected chi connectivity index (χ3v) is 4.72. The summed E-state index contributed by atoms with van der Waals surface area (Å²) in [5, 5.41) is 13.3. The summed E-state index contributed by atoms with van der Waals surface area (Å²) in [5.74, 6) is -1.01. The average Bonchev–Trinajstić information content (AvgIpc) is 3.17. The van der Waals surface area contributed by atoms with Gasteiger partial charge in [0.15, 0.2) is 6.61 Å². The first-order chi connectivity index (χ1) is 13.1. The molecule has 0 saturated carbocycles. The fourth-order valence-corrected chi connectivity index (χ4v) is 3.30. The number of amides is 1. The van der Waals surface area contributed by atoms with Crippen LogP contribution in [0.4, 0.5) is 5.69 Å². The van der Waals surface area contributed by atoms with Gasteiger partial charge in [0.1, 0.15) is 4.88 Å². The van der Waals surface area contributed by atoms with Crippen molar-refractivity contribution in [3.05, 3.63) is 76.0 Å². The summed E-state index contributed by atoms with van der Waals surface area (Å²) in [6.07, 6.45) is 0. The SMILES string of the molecule is Cc1ccc(-c2ccsc2C(=O)OCC(=O)Nc2cccc(C#N)c2)cc1. The molecule has 27 heavy (non-hydrogen) atoms. The predicted molar refractivity (Wildman–Crippen MR) is 105 cm³/mol. The van der Waals surface area contributed by atoms with Gasteiger partial charge in [0.25, 0.3) is 5.91 Å². The van der Waals surface area contributed by atoms with E-state index in [1.165, 1.54) is 11.3 Å². The molecule has 1 aromatic heterocycles. The number of hydrogen-bond donors (Lipinski definition) is 1. The van der Waals surface area contributed by atoms with E-state index >= 15 is 0 Å². The number of hydrogen-bond acceptors (Lipinski definition) is 5. The molecule has 3 aromatic rings. The lowest BCUT2D eigenvalue weighted by Crippen LogP contribution is -2.20. The molecule has 134 valence electrons. The quantitative estimate of drug-likeness (QED) is 0.670. The van der Waals surface area contributed by atoms with Crippen molar-refractivity contribution >= 4 is 28.9 Å². The Labute approximate surface area is 160 Å². The molecule has 0 fully saturated rings. The Kier molecular flexibility index (Phi) is 5.64. The Hall–Kier alpha value is -3.43. The summed E-state index contributed by atoms with van der Waals surface area (Å²) < 4.78 is 5.16. The molecule has 6 heteroatoms. The number of thiophene rings is 1. The standard InChI is InChI=1S/C21H16N2O3S/c1-14-5-7-16(8-6-14)18-9-10-27-20(18)21(25)26-13-19(24)23-17-4-2-3-15(11-17)12-22/h2-11H,13H2,1H3,(H,23,24). The van der Waals surface area contributed by atoms with Crippen molar-refractivity contribution in [2.24, 2.45) is 0 Å². The Morgan fingerprint density at radius 1 is 1.15 bits per heavy atom. The fourth-order valence-electron chi connectivity index (χ4n) is 2.49. The van der Waals surface area contributed by atoms with Gasteiger partial charge in [-0.05, 0) is 42.1 Å². The molecule has 0 bridgehead atoms. The Bertz CT molecular complexity index is 1020. The van der Waals surface area contributed by atoms with E-state index in [1.807, 2.05) is 48.7 Å². The molecular formula is C21H16N2O3S. The third-order valence-electron chi connectivity index (χ3n) is 3.82. The van der Waals surface area contributed by atoms with Crippen molar-refractivity contribution in [2.45, 2.75) is 6.92 Å². The van der Waals surface area contributed by atoms with E-state index in [0.717, 1.165) is 16.7 Å². The maximum Gasteiger partial charge on any atom is 0.349 e. The van der Waals surface area contributed by atoms with E-state index in [1.54, 1.807) is 24.3 Å². The Morgan fingerprint density at radius 2 is 1.93 bits per heavy atom. The molecule has 0 unspecified atom stereocenters. The number of anilines is 1. The molecule has 0 spiro atoms. The normalized spacial score (nSPS) is 10.1. The maximum absolute atomic E-state index is 12.4.